The molecule has 5 heteroatoms. The summed E-state index contributed by atoms with van der Waals surface area (Å²) in [6.07, 6.45) is -0.136. The Labute approximate surface area is 146 Å². The fraction of sp³-hybridized carbons (Fsp3) is 0.316. The molecule has 0 atom stereocenters. The Morgan fingerprint density at radius 2 is 1.96 bits per heavy atom. The summed E-state index contributed by atoms with van der Waals surface area (Å²) in [5.41, 5.74) is 3.08. The normalized spacial score (nSPS) is 10.7. The van der Waals surface area contributed by atoms with E-state index < -0.39 is 11.8 Å². The zero-order valence-corrected chi connectivity index (χ0v) is 14.6. The van der Waals surface area contributed by atoms with Gasteiger partial charge in [0.05, 0.1) is 18.1 Å². The second-order valence-electron chi connectivity index (χ2n) is 5.35. The fourth-order valence-corrected chi connectivity index (χ4v) is 2.75. The molecular weight excluding hydrogens is 329 g/mol. The molecular formula is C19H21ClFNO2. The molecule has 24 heavy (non-hydrogen) atoms. The van der Waals surface area contributed by atoms with Crippen molar-refractivity contribution in [1.29, 1.82) is 0 Å². The average molecular weight is 350 g/mol. The van der Waals surface area contributed by atoms with E-state index in [9.17, 15) is 9.18 Å². The average Bonchev–Trinajstić information content (AvgIpc) is 2.57. The van der Waals surface area contributed by atoms with Crippen LogP contribution >= 0.6 is 11.6 Å². The summed E-state index contributed by atoms with van der Waals surface area (Å²) in [4.78, 5) is 11.7. The van der Waals surface area contributed by atoms with Gasteiger partial charge in [-0.15, -0.1) is 0 Å². The lowest BCUT2D eigenvalue weighted by atomic mass is 9.97. The maximum Gasteiger partial charge on any atom is 0.310 e. The monoisotopic (exact) mass is 349 g/mol. The van der Waals surface area contributed by atoms with Crippen LogP contribution in [0, 0.1) is 5.82 Å². The largest absolute Gasteiger partial charge is 0.466 e. The van der Waals surface area contributed by atoms with Crippen LogP contribution in [-0.4, -0.2) is 19.1 Å². The summed E-state index contributed by atoms with van der Waals surface area (Å²) in [6, 6.07) is 11.1. The van der Waals surface area contributed by atoms with E-state index in [1.165, 1.54) is 0 Å². The maximum atomic E-state index is 14.2. The molecule has 1 N–H and O–H groups in total. The first-order valence-corrected chi connectivity index (χ1v) is 8.37. The van der Waals surface area contributed by atoms with Crippen LogP contribution in [0.5, 0.6) is 0 Å². The number of benzene rings is 2. The number of rotatable bonds is 7. The quantitative estimate of drug-likeness (QED) is 0.755. The van der Waals surface area contributed by atoms with Crippen molar-refractivity contribution >= 4 is 17.6 Å². The number of carbonyl (C=O) groups is 1. The first kappa shape index (κ1) is 18.4. The highest BCUT2D eigenvalue weighted by molar-refractivity contribution is 6.31. The van der Waals surface area contributed by atoms with E-state index in [1.54, 1.807) is 19.1 Å². The number of esters is 1. The molecule has 3 nitrogen and oxygen atoms in total. The van der Waals surface area contributed by atoms with Gasteiger partial charge in [-0.3, -0.25) is 4.79 Å². The molecule has 0 aliphatic rings. The first-order chi connectivity index (χ1) is 11.6. The van der Waals surface area contributed by atoms with Crippen LogP contribution in [0.15, 0.2) is 36.4 Å². The lowest BCUT2D eigenvalue weighted by molar-refractivity contribution is -0.142. The van der Waals surface area contributed by atoms with Gasteiger partial charge in [0, 0.05) is 12.1 Å². The summed E-state index contributed by atoms with van der Waals surface area (Å²) in [5.74, 6) is -1.04. The molecule has 0 radical (unpaired) electrons. The Kier molecular flexibility index (Phi) is 6.76. The van der Waals surface area contributed by atoms with Crippen molar-refractivity contribution < 1.29 is 13.9 Å². The number of hydrogen-bond donors (Lipinski definition) is 1. The summed E-state index contributed by atoms with van der Waals surface area (Å²) in [6.45, 7) is 5.57. The van der Waals surface area contributed by atoms with Crippen molar-refractivity contribution in [3.05, 3.63) is 58.4 Å². The predicted molar refractivity (Wildman–Crippen MR) is 94.6 cm³/mol. The van der Waals surface area contributed by atoms with Crippen LogP contribution < -0.4 is 5.32 Å². The highest BCUT2D eigenvalue weighted by Crippen LogP contribution is 2.30. The van der Waals surface area contributed by atoms with Crippen LogP contribution in [-0.2, 0) is 22.5 Å². The van der Waals surface area contributed by atoms with Crippen LogP contribution in [0.1, 0.15) is 25.0 Å². The van der Waals surface area contributed by atoms with Gasteiger partial charge in [-0.1, -0.05) is 42.8 Å². The smallest absolute Gasteiger partial charge is 0.310 e. The molecule has 0 aromatic heterocycles. The van der Waals surface area contributed by atoms with Gasteiger partial charge in [0.1, 0.15) is 5.82 Å². The van der Waals surface area contributed by atoms with Gasteiger partial charge in [-0.2, -0.15) is 0 Å². The number of halogens is 2. The second kappa shape index (κ2) is 8.81. The van der Waals surface area contributed by atoms with Crippen LogP contribution in [0.2, 0.25) is 5.02 Å². The summed E-state index contributed by atoms with van der Waals surface area (Å²) < 4.78 is 19.2. The van der Waals surface area contributed by atoms with Crippen LogP contribution in [0.25, 0.3) is 11.1 Å². The highest BCUT2D eigenvalue weighted by Gasteiger charge is 2.15. The Morgan fingerprint density at radius 3 is 2.67 bits per heavy atom. The van der Waals surface area contributed by atoms with E-state index in [-0.39, 0.29) is 23.6 Å². The molecule has 0 aliphatic carbocycles. The maximum absolute atomic E-state index is 14.2. The Morgan fingerprint density at radius 1 is 1.21 bits per heavy atom. The minimum absolute atomic E-state index is 0.00468. The van der Waals surface area contributed by atoms with E-state index in [0.29, 0.717) is 6.54 Å². The second-order valence-corrected chi connectivity index (χ2v) is 5.76. The van der Waals surface area contributed by atoms with Crippen molar-refractivity contribution in [2.24, 2.45) is 0 Å². The summed E-state index contributed by atoms with van der Waals surface area (Å²) in [7, 11) is 0. The third kappa shape index (κ3) is 4.56. The van der Waals surface area contributed by atoms with E-state index in [0.717, 1.165) is 23.2 Å². The molecule has 0 aliphatic heterocycles. The zero-order valence-electron chi connectivity index (χ0n) is 13.9. The number of carbonyl (C=O) groups excluding carboxylic acids is 1. The topological polar surface area (TPSA) is 38.3 Å². The minimum atomic E-state index is -0.572. The molecule has 0 amide bonds. The number of ether oxygens (including phenoxy) is 1. The van der Waals surface area contributed by atoms with E-state index in [4.69, 9.17) is 16.3 Å². The Hall–Kier alpha value is -1.91. The number of hydrogen-bond acceptors (Lipinski definition) is 3. The highest BCUT2D eigenvalue weighted by atomic mass is 35.5. The molecule has 0 fully saturated rings. The van der Waals surface area contributed by atoms with Crippen molar-refractivity contribution in [3.8, 4) is 11.1 Å². The Balaban J connectivity index is 2.41. The molecule has 2 rings (SSSR count). The van der Waals surface area contributed by atoms with E-state index in [2.05, 4.69) is 5.32 Å². The van der Waals surface area contributed by atoms with Gasteiger partial charge < -0.3 is 10.1 Å². The van der Waals surface area contributed by atoms with E-state index >= 15 is 0 Å². The van der Waals surface area contributed by atoms with Gasteiger partial charge >= 0.3 is 5.97 Å². The van der Waals surface area contributed by atoms with Crippen LogP contribution in [0.4, 0.5) is 4.39 Å². The third-order valence-corrected chi connectivity index (χ3v) is 3.91. The van der Waals surface area contributed by atoms with Crippen molar-refractivity contribution in [1.82, 2.24) is 5.32 Å². The first-order valence-electron chi connectivity index (χ1n) is 7.99. The molecule has 2 aromatic carbocycles. The van der Waals surface area contributed by atoms with Gasteiger partial charge in [0.2, 0.25) is 0 Å². The van der Waals surface area contributed by atoms with Gasteiger partial charge in [-0.25, -0.2) is 4.39 Å². The summed E-state index contributed by atoms with van der Waals surface area (Å²) >= 11 is 6.04. The Bertz CT molecular complexity index is 719. The lowest BCUT2D eigenvalue weighted by Crippen LogP contribution is -2.12. The predicted octanol–water partition coefficient (Wildman–Crippen LogP) is 4.36. The third-order valence-electron chi connectivity index (χ3n) is 3.64. The molecule has 0 unspecified atom stereocenters. The molecule has 128 valence electrons. The molecule has 0 saturated carbocycles. The summed E-state index contributed by atoms with van der Waals surface area (Å²) in [5, 5.41) is 3.29. The van der Waals surface area contributed by atoms with E-state index in [1.807, 2.05) is 31.2 Å². The van der Waals surface area contributed by atoms with Gasteiger partial charge in [-0.05, 0) is 42.3 Å². The number of nitrogens with one attached hydrogen (secondary N) is 1. The molecule has 0 heterocycles. The van der Waals surface area contributed by atoms with Crippen molar-refractivity contribution in [2.75, 3.05) is 13.2 Å². The van der Waals surface area contributed by atoms with Crippen LogP contribution in [0.3, 0.4) is 0 Å². The molecule has 0 bridgehead atoms. The molecule has 2 aromatic rings. The standard InChI is InChI=1S/C19H21ClFNO2/c1-3-22-12-13-7-5-6-8-16(13)14-9-15(11-18(23)24-4-2)19(21)17(20)10-14/h5-10,22H,3-4,11-12H2,1-2H3. The van der Waals surface area contributed by atoms with Crippen molar-refractivity contribution in [3.63, 3.8) is 0 Å². The fourth-order valence-electron chi connectivity index (χ4n) is 2.51. The minimum Gasteiger partial charge on any atom is -0.466 e. The van der Waals surface area contributed by atoms with Gasteiger partial charge in [0.15, 0.2) is 0 Å². The molecule has 0 spiro atoms. The van der Waals surface area contributed by atoms with Crippen molar-refractivity contribution in [2.45, 2.75) is 26.8 Å². The molecule has 0 saturated heterocycles. The lowest BCUT2D eigenvalue weighted by Gasteiger charge is -2.13. The zero-order chi connectivity index (χ0) is 17.5. The van der Waals surface area contributed by atoms with Gasteiger partial charge in [0.25, 0.3) is 0 Å². The SMILES string of the molecule is CCNCc1ccccc1-c1cc(Cl)c(F)c(CC(=O)OCC)c1.